The van der Waals surface area contributed by atoms with Crippen LogP contribution in [0.25, 0.3) is 16.7 Å². The number of allylic oxidation sites excluding steroid dienone is 1. The number of benzene rings is 9. The van der Waals surface area contributed by atoms with E-state index in [4.69, 9.17) is 27.9 Å². The van der Waals surface area contributed by atoms with E-state index in [0.717, 1.165) is 136 Å². The van der Waals surface area contributed by atoms with Gasteiger partial charge in [0.2, 0.25) is 0 Å². The molecule has 0 radical (unpaired) electrons. The van der Waals surface area contributed by atoms with Gasteiger partial charge in [-0.3, -0.25) is 34.4 Å². The van der Waals surface area contributed by atoms with Crippen LogP contribution < -0.4 is 29.9 Å². The number of hydrogen-bond donors (Lipinski definition) is 4. The molecule has 9 aromatic rings. The highest BCUT2D eigenvalue weighted by Crippen LogP contribution is 2.44. The molecule has 2 amide bonds. The summed E-state index contributed by atoms with van der Waals surface area (Å²) >= 11 is 15.4. The van der Waals surface area contributed by atoms with Gasteiger partial charge in [-0.1, -0.05) is 128 Å². The monoisotopic (exact) mass is 1790 g/mol. The number of sulfonamides is 2. The van der Waals surface area contributed by atoms with Gasteiger partial charge in [-0.15, -0.1) is 23.5 Å². The van der Waals surface area contributed by atoms with Crippen molar-refractivity contribution < 1.29 is 57.7 Å². The topological polar surface area (TPSA) is 256 Å². The molecule has 0 spiro atoms. The average Bonchev–Trinajstić information content (AvgIpc) is 0.755. The van der Waals surface area contributed by atoms with E-state index >= 15 is 0 Å². The Morgan fingerprint density at radius 1 is 0.562 bits per heavy atom. The van der Waals surface area contributed by atoms with Gasteiger partial charge in [0.25, 0.3) is 47.4 Å². The second kappa shape index (κ2) is 41.4. The lowest BCUT2D eigenvalue weighted by atomic mass is 9.73. The van der Waals surface area contributed by atoms with Gasteiger partial charge in [-0.25, -0.2) is 34.7 Å². The maximum Gasteiger partial charge on any atom is 0.501 e. The van der Waals surface area contributed by atoms with Crippen molar-refractivity contribution in [3.05, 3.63) is 266 Å². The first kappa shape index (κ1) is 91.2. The van der Waals surface area contributed by atoms with Crippen LogP contribution in [-0.4, -0.2) is 203 Å². The number of hydrogen-bond acceptors (Lipinski definition) is 21. The van der Waals surface area contributed by atoms with Crippen LogP contribution in [0, 0.1) is 15.5 Å². The molecule has 3 aliphatic heterocycles. The molecule has 0 saturated carbocycles. The largest absolute Gasteiger partial charge is 0.501 e. The van der Waals surface area contributed by atoms with Gasteiger partial charge in [-0.05, 0) is 213 Å². The molecule has 1 aliphatic carbocycles. The SMILES string of the molecule is CC1(C)CCC(c2ccc(Cl)cc2)=C(CN2CCN(c3ccc(C(=O)NS(=O)(=O)c4ccc(N[C@@H](CCN5CCOCC5)CSc5ccccc5)c(S(=O)(=O)C(F)(F)F)c4)cc3)CC2)C1.CN(C)CC[C@@H](CSc1ccccc1)Nc1ccc(S(=O)(=O)NC(=O)c2ccc(N3CCN(Cc4ccccc4-c4ccc(Cl)cc4)CC3)cc2)cc1[N+](=O)[O-]. The number of nitro benzene ring substituents is 1. The Kier molecular flexibility index (Phi) is 31.2. The third kappa shape index (κ3) is 25.4. The number of rotatable bonds is 32. The number of nitrogens with one attached hydrogen (secondary N) is 4. The quantitative estimate of drug-likeness (QED) is 0.0174. The van der Waals surface area contributed by atoms with E-state index in [9.17, 15) is 58.1 Å². The first-order valence-corrected chi connectivity index (χ1v) is 47.2. The maximum atomic E-state index is 14.2. The number of amides is 2. The van der Waals surface area contributed by atoms with Gasteiger partial charge in [0.15, 0.2) is 0 Å². The summed E-state index contributed by atoms with van der Waals surface area (Å²) in [5, 5.41) is 19.9. The highest BCUT2D eigenvalue weighted by Gasteiger charge is 2.49. The van der Waals surface area contributed by atoms with Crippen LogP contribution >= 0.6 is 46.7 Å². The predicted molar refractivity (Wildman–Crippen MR) is 478 cm³/mol. The molecule has 3 fully saturated rings. The van der Waals surface area contributed by atoms with Gasteiger partial charge in [0, 0.05) is 157 Å². The number of nitro groups is 1. The zero-order chi connectivity index (χ0) is 86.1. The number of anilines is 4. The Morgan fingerprint density at radius 3 is 1.55 bits per heavy atom. The van der Waals surface area contributed by atoms with Crippen LogP contribution in [0.3, 0.4) is 0 Å². The molecule has 2 atom stereocenters. The van der Waals surface area contributed by atoms with Crippen LogP contribution in [0.4, 0.5) is 41.6 Å². The van der Waals surface area contributed by atoms with E-state index in [1.807, 2.05) is 127 Å². The summed E-state index contributed by atoms with van der Waals surface area (Å²) in [5.74, 6) is -0.840. The molecule has 4 aliphatic rings. The molecule has 3 saturated heterocycles. The fourth-order valence-corrected chi connectivity index (χ4v) is 20.3. The highest BCUT2D eigenvalue weighted by atomic mass is 35.5. The zero-order valence-corrected chi connectivity index (χ0v) is 73.3. The minimum atomic E-state index is -6.05. The fourth-order valence-electron chi connectivity index (χ4n) is 15.0. The molecular formula is C89H100Cl2F3N11O11S5. The van der Waals surface area contributed by atoms with Gasteiger partial charge < -0.3 is 30.1 Å². The minimum Gasteiger partial charge on any atom is -0.380 e. The second-order valence-electron chi connectivity index (χ2n) is 31.4. The van der Waals surface area contributed by atoms with E-state index < -0.39 is 79.3 Å². The maximum absolute atomic E-state index is 14.2. The summed E-state index contributed by atoms with van der Waals surface area (Å²) in [6.45, 7) is 16.5. The fraction of sp³-hybridized carbons (Fsp3) is 0.348. The van der Waals surface area contributed by atoms with Crippen LogP contribution in [0.5, 0.6) is 0 Å². The van der Waals surface area contributed by atoms with Crippen molar-refractivity contribution in [1.82, 2.24) is 29.0 Å². The average molecular weight is 1790 g/mol. The minimum absolute atomic E-state index is 0.00186. The number of carbonyl (C=O) groups is 2. The first-order valence-electron chi connectivity index (χ1n) is 40.0. The Hall–Kier alpha value is -9.02. The van der Waals surface area contributed by atoms with Crippen molar-refractivity contribution in [3.8, 4) is 11.1 Å². The number of ether oxygens (including phenoxy) is 1. The van der Waals surface area contributed by atoms with E-state index in [0.29, 0.717) is 73.3 Å². The zero-order valence-electron chi connectivity index (χ0n) is 67.8. The number of piperazine rings is 2. The van der Waals surface area contributed by atoms with Gasteiger partial charge in [0.1, 0.15) is 10.6 Å². The third-order valence-electron chi connectivity index (χ3n) is 21.8. The lowest BCUT2D eigenvalue weighted by Gasteiger charge is -2.39. The molecule has 3 heterocycles. The summed E-state index contributed by atoms with van der Waals surface area (Å²) in [7, 11) is -11.4. The van der Waals surface area contributed by atoms with Crippen molar-refractivity contribution in [2.45, 2.75) is 94.6 Å². The van der Waals surface area contributed by atoms with Crippen LogP contribution in [0.2, 0.25) is 10.0 Å². The van der Waals surface area contributed by atoms with E-state index in [1.54, 1.807) is 48.2 Å². The van der Waals surface area contributed by atoms with E-state index in [-0.39, 0.29) is 33.2 Å². The summed E-state index contributed by atoms with van der Waals surface area (Å²) in [5.41, 5.74) is 3.43. The Morgan fingerprint density at radius 2 is 1.03 bits per heavy atom. The van der Waals surface area contributed by atoms with Crippen molar-refractivity contribution in [3.63, 3.8) is 0 Å². The number of nitrogens with zero attached hydrogens (tertiary/aromatic N) is 7. The third-order valence-corrected chi connectivity index (χ3v) is 28.8. The Labute approximate surface area is 725 Å². The Bertz CT molecular complexity index is 5420. The van der Waals surface area contributed by atoms with E-state index in [2.05, 4.69) is 84.0 Å². The molecule has 9 aromatic carbocycles. The van der Waals surface area contributed by atoms with Crippen LogP contribution in [0.15, 0.2) is 248 Å². The lowest BCUT2D eigenvalue weighted by Crippen LogP contribution is -2.47. The van der Waals surface area contributed by atoms with Crippen molar-refractivity contribution in [2.75, 3.05) is 144 Å². The molecule has 32 heteroatoms. The lowest BCUT2D eigenvalue weighted by molar-refractivity contribution is -0.384. The standard InChI is InChI=1S/C47H55ClF3N5O6S3.C42H45ClN6O5S2/c1-46(2)20-18-42(34-8-12-37(48)13-9-34)36(31-46)32-55-22-24-56(25-23-55)39-14-10-35(11-15-39)45(57)53-65(60,61)41-16-17-43(44(30-41)64(58,59)47(49,50)51)52-38(19-21-54-26-28-62-29-27-54)33-63-40-6-4-3-5-7-40;1-46(2)23-22-35(30-55-37-9-4-3-5-10-37)44-40-21-20-38(28-41(40)49(51)52)56(53,54)45-42(50)32-14-18-36(19-15-32)48-26-24-47(25-27-48)29-33-8-6-7-11-39(33)31-12-16-34(43)17-13-31/h3-17,30,38,52H,18-29,31-33H2,1-2H3,(H,53,57);3-21,28,35,44H,22-27,29-30H2,1-2H3,(H,45,50)/t38-;35-/m00/s1. The van der Waals surface area contributed by atoms with Crippen molar-refractivity contribution in [1.29, 1.82) is 0 Å². The molecule has 0 unspecified atom stereocenters. The summed E-state index contributed by atoms with van der Waals surface area (Å²) in [4.78, 5) is 51.1. The summed E-state index contributed by atoms with van der Waals surface area (Å²) < 4.78 is 132. The molecular weight excluding hydrogens is 1690 g/mol. The molecule has 0 aromatic heterocycles. The molecule has 642 valence electrons. The highest BCUT2D eigenvalue weighted by molar-refractivity contribution is 7.99. The molecule has 0 bridgehead atoms. The number of alkyl halides is 3. The summed E-state index contributed by atoms with van der Waals surface area (Å²) in [6.07, 6.45) is 4.30. The smallest absolute Gasteiger partial charge is 0.380 e. The first-order chi connectivity index (χ1) is 57.8. The molecule has 22 nitrogen and oxygen atoms in total. The van der Waals surface area contributed by atoms with Gasteiger partial charge in [0.05, 0.1) is 33.6 Å². The van der Waals surface area contributed by atoms with Crippen molar-refractivity contribution >= 4 is 122 Å². The summed E-state index contributed by atoms with van der Waals surface area (Å²) in [6, 6.07) is 62.2. The molecule has 4 N–H and O–H groups in total. The number of halogens is 5. The van der Waals surface area contributed by atoms with Crippen LogP contribution in [-0.2, 0) is 41.2 Å². The number of sulfone groups is 1. The number of carbonyl (C=O) groups excluding carboxylic acids is 2. The normalized spacial score (nSPS) is 16.3. The predicted octanol–water partition coefficient (Wildman–Crippen LogP) is 16.7. The van der Waals surface area contributed by atoms with Gasteiger partial charge >= 0.3 is 5.51 Å². The molecule has 121 heavy (non-hydrogen) atoms. The number of thioether (sulfide) groups is 2. The second-order valence-corrected chi connectivity index (χ2v) is 39.7. The van der Waals surface area contributed by atoms with E-state index in [1.165, 1.54) is 63.9 Å². The van der Waals surface area contributed by atoms with Crippen molar-refractivity contribution in [2.24, 2.45) is 5.41 Å². The Balaban J connectivity index is 0.000000224. The molecule has 13 rings (SSSR count). The van der Waals surface area contributed by atoms with Crippen LogP contribution in [0.1, 0.15) is 77.8 Å². The number of morpholine rings is 1. The van der Waals surface area contributed by atoms with Gasteiger partial charge in [-0.2, -0.15) is 13.2 Å².